The highest BCUT2D eigenvalue weighted by molar-refractivity contribution is 8.13. The highest BCUT2D eigenvalue weighted by Gasteiger charge is 2.24. The normalized spacial score (nSPS) is 12.3. The van der Waals surface area contributed by atoms with Gasteiger partial charge in [0.1, 0.15) is 0 Å². The van der Waals surface area contributed by atoms with E-state index in [1.807, 2.05) is 0 Å². The Kier molecular flexibility index (Phi) is 4.15. The highest BCUT2D eigenvalue weighted by Crippen LogP contribution is 2.29. The molecule has 0 unspecified atom stereocenters. The number of sulfone groups is 1. The summed E-state index contributed by atoms with van der Waals surface area (Å²) in [5.41, 5.74) is 0.884. The minimum absolute atomic E-state index is 0.0569. The molecule has 0 heterocycles. The Morgan fingerprint density at radius 3 is 1.86 bits per heavy atom. The highest BCUT2D eigenvalue weighted by atomic mass is 35.7. The van der Waals surface area contributed by atoms with Crippen molar-refractivity contribution in [3.8, 4) is 0 Å². The first kappa shape index (κ1) is 16.0. The van der Waals surface area contributed by atoms with Gasteiger partial charge < -0.3 is 0 Å². The van der Waals surface area contributed by atoms with E-state index < -0.39 is 18.9 Å². The molecule has 0 amide bonds. The van der Waals surface area contributed by atoms with Gasteiger partial charge in [0, 0.05) is 10.7 Å². The third-order valence-corrected chi connectivity index (χ3v) is 6.45. The summed E-state index contributed by atoms with van der Waals surface area (Å²) >= 11 is 0. The second-order valence-corrected chi connectivity index (χ2v) is 9.09. The van der Waals surface area contributed by atoms with Crippen molar-refractivity contribution >= 4 is 29.6 Å². The zero-order valence-corrected chi connectivity index (χ0v) is 13.8. The van der Waals surface area contributed by atoms with Crippen LogP contribution in [0.4, 0.5) is 0 Å². The molecule has 0 saturated carbocycles. The standard InChI is InChI=1S/C14H13ClO4S2/c1-10-8-11(2)14(21(15,18)19)9-13(10)20(16,17)12-6-4-3-5-7-12/h3-9H,1-2H3. The van der Waals surface area contributed by atoms with Crippen molar-refractivity contribution in [1.82, 2.24) is 0 Å². The minimum atomic E-state index is -4.01. The van der Waals surface area contributed by atoms with Crippen molar-refractivity contribution in [1.29, 1.82) is 0 Å². The van der Waals surface area contributed by atoms with E-state index in [1.54, 1.807) is 32.0 Å². The zero-order valence-electron chi connectivity index (χ0n) is 11.4. The maximum atomic E-state index is 12.6. The van der Waals surface area contributed by atoms with Crippen LogP contribution in [-0.2, 0) is 18.9 Å². The van der Waals surface area contributed by atoms with Crippen LogP contribution < -0.4 is 0 Å². The van der Waals surface area contributed by atoms with Gasteiger partial charge in [-0.3, -0.25) is 0 Å². The van der Waals surface area contributed by atoms with Gasteiger partial charge in [0.25, 0.3) is 9.05 Å². The third-order valence-electron chi connectivity index (χ3n) is 3.08. The Bertz CT molecular complexity index is 886. The molecule has 0 aliphatic heterocycles. The average Bonchev–Trinajstić information content (AvgIpc) is 2.37. The van der Waals surface area contributed by atoms with Crippen LogP contribution in [-0.4, -0.2) is 16.8 Å². The minimum Gasteiger partial charge on any atom is -0.219 e. The van der Waals surface area contributed by atoms with Gasteiger partial charge in [0.15, 0.2) is 0 Å². The van der Waals surface area contributed by atoms with Crippen LogP contribution in [0.2, 0.25) is 0 Å². The second-order valence-electron chi connectivity index (χ2n) is 4.64. The number of aryl methyl sites for hydroxylation is 2. The van der Waals surface area contributed by atoms with E-state index in [9.17, 15) is 16.8 Å². The summed E-state index contributed by atoms with van der Waals surface area (Å²) in [6, 6.07) is 10.5. The maximum Gasteiger partial charge on any atom is 0.261 e. The van der Waals surface area contributed by atoms with Gasteiger partial charge in [-0.15, -0.1) is 0 Å². The fourth-order valence-electron chi connectivity index (χ4n) is 2.09. The van der Waals surface area contributed by atoms with E-state index in [4.69, 9.17) is 10.7 Å². The second kappa shape index (κ2) is 5.44. The van der Waals surface area contributed by atoms with Gasteiger partial charge in [0.2, 0.25) is 9.84 Å². The molecule has 0 aliphatic rings. The summed E-state index contributed by atoms with van der Waals surface area (Å²) in [6.07, 6.45) is 0. The van der Waals surface area contributed by atoms with Crippen molar-refractivity contribution < 1.29 is 16.8 Å². The molecule has 0 atom stereocenters. The number of hydrogen-bond donors (Lipinski definition) is 0. The predicted molar refractivity (Wildman–Crippen MR) is 80.8 cm³/mol. The topological polar surface area (TPSA) is 68.3 Å². The lowest BCUT2D eigenvalue weighted by Gasteiger charge is -2.11. The molecule has 0 radical (unpaired) electrons. The Hall–Kier alpha value is -1.37. The van der Waals surface area contributed by atoms with E-state index in [0.29, 0.717) is 11.1 Å². The molecule has 0 bridgehead atoms. The van der Waals surface area contributed by atoms with E-state index >= 15 is 0 Å². The van der Waals surface area contributed by atoms with Crippen LogP contribution >= 0.6 is 10.7 Å². The summed E-state index contributed by atoms with van der Waals surface area (Å²) in [5.74, 6) is 0. The monoisotopic (exact) mass is 344 g/mol. The molecule has 0 fully saturated rings. The summed E-state index contributed by atoms with van der Waals surface area (Å²) in [7, 11) is -2.44. The van der Waals surface area contributed by atoms with Crippen molar-refractivity contribution in [2.75, 3.05) is 0 Å². The van der Waals surface area contributed by atoms with Gasteiger partial charge in [-0.2, -0.15) is 0 Å². The summed E-state index contributed by atoms with van der Waals surface area (Å²) in [6.45, 7) is 3.19. The van der Waals surface area contributed by atoms with Gasteiger partial charge in [-0.25, -0.2) is 16.8 Å². The molecule has 0 aromatic heterocycles. The Morgan fingerprint density at radius 2 is 1.33 bits per heavy atom. The fraction of sp³-hybridized carbons (Fsp3) is 0.143. The first-order chi connectivity index (χ1) is 9.64. The van der Waals surface area contributed by atoms with Crippen LogP contribution in [0.5, 0.6) is 0 Å². The molecule has 21 heavy (non-hydrogen) atoms. The Morgan fingerprint density at radius 1 is 0.810 bits per heavy atom. The van der Waals surface area contributed by atoms with Crippen molar-refractivity contribution in [3.05, 3.63) is 53.6 Å². The van der Waals surface area contributed by atoms with Crippen LogP contribution in [0.3, 0.4) is 0 Å². The molecular formula is C14H13ClO4S2. The molecule has 2 rings (SSSR count). The van der Waals surface area contributed by atoms with Gasteiger partial charge in [-0.1, -0.05) is 24.3 Å². The molecule has 0 spiro atoms. The summed E-state index contributed by atoms with van der Waals surface area (Å²) < 4.78 is 48.3. The molecule has 0 N–H and O–H groups in total. The molecule has 0 saturated heterocycles. The molecule has 2 aromatic carbocycles. The number of rotatable bonds is 3. The smallest absolute Gasteiger partial charge is 0.219 e. The van der Waals surface area contributed by atoms with Crippen molar-refractivity contribution in [2.45, 2.75) is 28.5 Å². The molecular weight excluding hydrogens is 332 g/mol. The summed E-state index contributed by atoms with van der Waals surface area (Å²) in [5, 5.41) is 0. The first-order valence-electron chi connectivity index (χ1n) is 6.00. The van der Waals surface area contributed by atoms with E-state index in [2.05, 4.69) is 0 Å². The van der Waals surface area contributed by atoms with Crippen LogP contribution in [0.25, 0.3) is 0 Å². The van der Waals surface area contributed by atoms with E-state index in [-0.39, 0.29) is 14.7 Å². The lowest BCUT2D eigenvalue weighted by atomic mass is 10.2. The first-order valence-corrected chi connectivity index (χ1v) is 9.79. The molecule has 4 nitrogen and oxygen atoms in total. The van der Waals surface area contributed by atoms with Gasteiger partial charge in [-0.05, 0) is 43.2 Å². The average molecular weight is 345 g/mol. The van der Waals surface area contributed by atoms with Crippen molar-refractivity contribution in [2.24, 2.45) is 0 Å². The van der Waals surface area contributed by atoms with Crippen molar-refractivity contribution in [3.63, 3.8) is 0 Å². The largest absolute Gasteiger partial charge is 0.261 e. The maximum absolute atomic E-state index is 12.6. The molecule has 7 heteroatoms. The van der Waals surface area contributed by atoms with Gasteiger partial charge >= 0.3 is 0 Å². The number of benzene rings is 2. The third kappa shape index (κ3) is 3.12. The number of hydrogen-bond acceptors (Lipinski definition) is 4. The lowest BCUT2D eigenvalue weighted by molar-refractivity contribution is 0.595. The SMILES string of the molecule is Cc1cc(C)c(S(=O)(=O)c2ccccc2)cc1S(=O)(=O)Cl. The Labute approximate surface area is 128 Å². The zero-order chi connectivity index (χ0) is 15.8. The van der Waals surface area contributed by atoms with E-state index in [0.717, 1.165) is 6.07 Å². The van der Waals surface area contributed by atoms with E-state index in [1.165, 1.54) is 18.2 Å². The predicted octanol–water partition coefficient (Wildman–Crippen LogP) is 3.06. The molecule has 2 aromatic rings. The Balaban J connectivity index is 2.76. The lowest BCUT2D eigenvalue weighted by Crippen LogP contribution is -2.07. The van der Waals surface area contributed by atoms with Crippen LogP contribution in [0, 0.1) is 13.8 Å². The molecule has 112 valence electrons. The number of halogens is 1. The van der Waals surface area contributed by atoms with Gasteiger partial charge in [0.05, 0.1) is 14.7 Å². The quantitative estimate of drug-likeness (QED) is 0.802. The van der Waals surface area contributed by atoms with Crippen LogP contribution in [0.1, 0.15) is 11.1 Å². The molecule has 0 aliphatic carbocycles. The fourth-order valence-corrected chi connectivity index (χ4v) is 4.89. The summed E-state index contributed by atoms with van der Waals surface area (Å²) in [4.78, 5) is -0.141. The van der Waals surface area contributed by atoms with Crippen LogP contribution in [0.15, 0.2) is 57.2 Å².